The second kappa shape index (κ2) is 6.06. The van der Waals surface area contributed by atoms with Crippen molar-refractivity contribution in [2.24, 2.45) is 4.99 Å². The van der Waals surface area contributed by atoms with Crippen LogP contribution in [0.5, 0.6) is 5.75 Å². The van der Waals surface area contributed by atoms with Crippen molar-refractivity contribution in [1.29, 1.82) is 0 Å². The van der Waals surface area contributed by atoms with Crippen molar-refractivity contribution in [3.63, 3.8) is 0 Å². The maximum Gasteiger partial charge on any atom is 0.115 e. The number of hydrogen-bond donors (Lipinski definition) is 1. The number of benzene rings is 3. The van der Waals surface area contributed by atoms with Gasteiger partial charge in [-0.3, -0.25) is 4.99 Å². The quantitative estimate of drug-likeness (QED) is 0.682. The second-order valence-corrected chi connectivity index (χ2v) is 4.77. The van der Waals surface area contributed by atoms with Crippen LogP contribution in [0.25, 0.3) is 11.1 Å². The van der Waals surface area contributed by atoms with Gasteiger partial charge in [0.2, 0.25) is 0 Å². The van der Waals surface area contributed by atoms with Gasteiger partial charge in [-0.25, -0.2) is 0 Å². The average Bonchev–Trinajstić information content (AvgIpc) is 2.55. The monoisotopic (exact) mass is 273 g/mol. The summed E-state index contributed by atoms with van der Waals surface area (Å²) in [7, 11) is 0. The van der Waals surface area contributed by atoms with E-state index in [0.29, 0.717) is 0 Å². The van der Waals surface area contributed by atoms with Crippen LogP contribution in [-0.4, -0.2) is 11.3 Å². The van der Waals surface area contributed by atoms with Gasteiger partial charge in [0.15, 0.2) is 0 Å². The Hall–Kier alpha value is -2.87. The first-order chi connectivity index (χ1) is 10.3. The van der Waals surface area contributed by atoms with E-state index >= 15 is 0 Å². The van der Waals surface area contributed by atoms with Crippen molar-refractivity contribution in [2.45, 2.75) is 0 Å². The number of aromatic hydroxyl groups is 1. The predicted molar refractivity (Wildman–Crippen MR) is 87.2 cm³/mol. The van der Waals surface area contributed by atoms with E-state index in [0.717, 1.165) is 11.3 Å². The third kappa shape index (κ3) is 3.37. The van der Waals surface area contributed by atoms with Crippen LogP contribution in [0.2, 0.25) is 0 Å². The summed E-state index contributed by atoms with van der Waals surface area (Å²) in [6, 6.07) is 25.4. The van der Waals surface area contributed by atoms with E-state index in [-0.39, 0.29) is 5.75 Å². The van der Waals surface area contributed by atoms with Crippen LogP contribution in [0.1, 0.15) is 5.56 Å². The Morgan fingerprint density at radius 2 is 1.43 bits per heavy atom. The van der Waals surface area contributed by atoms with Gasteiger partial charge in [0, 0.05) is 6.21 Å². The third-order valence-corrected chi connectivity index (χ3v) is 3.21. The van der Waals surface area contributed by atoms with E-state index in [9.17, 15) is 5.11 Å². The molecule has 102 valence electrons. The second-order valence-electron chi connectivity index (χ2n) is 4.77. The normalized spacial score (nSPS) is 10.9. The Kier molecular flexibility index (Phi) is 3.79. The molecule has 0 atom stereocenters. The molecular formula is C19H15NO. The zero-order valence-electron chi connectivity index (χ0n) is 11.5. The molecule has 3 rings (SSSR count). The summed E-state index contributed by atoms with van der Waals surface area (Å²) in [4.78, 5) is 4.42. The minimum absolute atomic E-state index is 0.250. The molecule has 0 saturated carbocycles. The zero-order chi connectivity index (χ0) is 14.5. The molecule has 0 heterocycles. The molecule has 0 unspecified atom stereocenters. The summed E-state index contributed by atoms with van der Waals surface area (Å²) in [5, 5.41) is 9.25. The molecule has 2 nitrogen and oxygen atoms in total. The molecule has 21 heavy (non-hydrogen) atoms. The minimum atomic E-state index is 0.250. The van der Waals surface area contributed by atoms with Gasteiger partial charge in [0.05, 0.1) is 5.69 Å². The lowest BCUT2D eigenvalue weighted by Crippen LogP contribution is -1.83. The fourth-order valence-electron chi connectivity index (χ4n) is 2.12. The van der Waals surface area contributed by atoms with E-state index in [1.807, 2.05) is 36.5 Å². The molecule has 0 aliphatic heterocycles. The first-order valence-corrected chi connectivity index (χ1v) is 6.80. The largest absolute Gasteiger partial charge is 0.508 e. The smallest absolute Gasteiger partial charge is 0.115 e. The van der Waals surface area contributed by atoms with Crippen LogP contribution >= 0.6 is 0 Å². The predicted octanol–water partition coefficient (Wildman–Crippen LogP) is 4.81. The summed E-state index contributed by atoms with van der Waals surface area (Å²) < 4.78 is 0. The first-order valence-electron chi connectivity index (χ1n) is 6.80. The van der Waals surface area contributed by atoms with E-state index in [1.54, 1.807) is 24.3 Å². The lowest BCUT2D eigenvalue weighted by molar-refractivity contribution is 0.475. The van der Waals surface area contributed by atoms with Crippen molar-refractivity contribution >= 4 is 11.9 Å². The van der Waals surface area contributed by atoms with Crippen LogP contribution in [0.3, 0.4) is 0 Å². The molecule has 3 aromatic carbocycles. The number of rotatable bonds is 3. The Morgan fingerprint density at radius 3 is 2.19 bits per heavy atom. The highest BCUT2D eigenvalue weighted by Crippen LogP contribution is 2.20. The molecule has 0 aromatic heterocycles. The topological polar surface area (TPSA) is 32.6 Å². The summed E-state index contributed by atoms with van der Waals surface area (Å²) >= 11 is 0. The fourth-order valence-corrected chi connectivity index (χ4v) is 2.12. The Bertz CT molecular complexity index is 746. The van der Waals surface area contributed by atoms with Crippen molar-refractivity contribution in [3.05, 3.63) is 84.4 Å². The molecule has 0 aliphatic carbocycles. The van der Waals surface area contributed by atoms with Crippen molar-refractivity contribution in [1.82, 2.24) is 0 Å². The molecule has 0 radical (unpaired) electrons. The molecule has 0 aliphatic rings. The van der Waals surface area contributed by atoms with Gasteiger partial charge in [0.1, 0.15) is 5.75 Å². The van der Waals surface area contributed by atoms with Crippen LogP contribution in [0.15, 0.2) is 83.9 Å². The number of hydrogen-bond acceptors (Lipinski definition) is 2. The Balaban J connectivity index is 1.85. The number of aliphatic imine (C=N–C) groups is 1. The minimum Gasteiger partial charge on any atom is -0.508 e. The SMILES string of the molecule is Oc1ccc(N=Cc2cccc(-c3ccccc3)c2)cc1. The van der Waals surface area contributed by atoms with E-state index in [1.165, 1.54) is 11.1 Å². The lowest BCUT2D eigenvalue weighted by Gasteiger charge is -2.02. The van der Waals surface area contributed by atoms with Crippen LogP contribution < -0.4 is 0 Å². The molecule has 2 heteroatoms. The van der Waals surface area contributed by atoms with Crippen LogP contribution in [0, 0.1) is 0 Å². The summed E-state index contributed by atoms with van der Waals surface area (Å²) in [5.74, 6) is 0.250. The van der Waals surface area contributed by atoms with Gasteiger partial charge < -0.3 is 5.11 Å². The van der Waals surface area contributed by atoms with E-state index < -0.39 is 0 Å². The average molecular weight is 273 g/mol. The highest BCUT2D eigenvalue weighted by Gasteiger charge is 1.97. The molecule has 0 spiro atoms. The summed E-state index contributed by atoms with van der Waals surface area (Å²) in [6.45, 7) is 0. The molecule has 0 fully saturated rings. The zero-order valence-corrected chi connectivity index (χ0v) is 11.5. The standard InChI is InChI=1S/C19H15NO/c21-19-11-9-18(10-12-19)20-14-15-5-4-8-17(13-15)16-6-2-1-3-7-16/h1-14,21H. The van der Waals surface area contributed by atoms with Gasteiger partial charge in [-0.15, -0.1) is 0 Å². The van der Waals surface area contributed by atoms with Gasteiger partial charge in [-0.05, 0) is 47.0 Å². The Labute approximate surface area is 124 Å². The van der Waals surface area contributed by atoms with E-state index in [2.05, 4.69) is 29.3 Å². The van der Waals surface area contributed by atoms with Crippen LogP contribution in [0.4, 0.5) is 5.69 Å². The molecule has 1 N–H and O–H groups in total. The summed E-state index contributed by atoms with van der Waals surface area (Å²) in [5.41, 5.74) is 4.23. The van der Waals surface area contributed by atoms with Crippen molar-refractivity contribution < 1.29 is 5.11 Å². The van der Waals surface area contributed by atoms with Gasteiger partial charge >= 0.3 is 0 Å². The highest BCUT2D eigenvalue weighted by atomic mass is 16.3. The first kappa shape index (κ1) is 13.1. The molecule has 3 aromatic rings. The van der Waals surface area contributed by atoms with Gasteiger partial charge in [-0.2, -0.15) is 0 Å². The Morgan fingerprint density at radius 1 is 0.714 bits per heavy atom. The highest BCUT2D eigenvalue weighted by molar-refractivity contribution is 5.84. The van der Waals surface area contributed by atoms with Crippen LogP contribution in [-0.2, 0) is 0 Å². The number of phenolic OH excluding ortho intramolecular Hbond substituents is 1. The van der Waals surface area contributed by atoms with Gasteiger partial charge in [0.25, 0.3) is 0 Å². The summed E-state index contributed by atoms with van der Waals surface area (Å²) in [6.07, 6.45) is 1.83. The molecule has 0 saturated heterocycles. The van der Waals surface area contributed by atoms with E-state index in [4.69, 9.17) is 0 Å². The third-order valence-electron chi connectivity index (χ3n) is 3.21. The van der Waals surface area contributed by atoms with Gasteiger partial charge in [-0.1, -0.05) is 48.5 Å². The molecule has 0 amide bonds. The maximum absolute atomic E-state index is 9.25. The lowest BCUT2D eigenvalue weighted by atomic mass is 10.0. The maximum atomic E-state index is 9.25. The fraction of sp³-hybridized carbons (Fsp3) is 0. The number of nitrogens with zero attached hydrogens (tertiary/aromatic N) is 1. The molecular weight excluding hydrogens is 258 g/mol. The van der Waals surface area contributed by atoms with Crippen molar-refractivity contribution in [2.75, 3.05) is 0 Å². The van der Waals surface area contributed by atoms with Crippen molar-refractivity contribution in [3.8, 4) is 16.9 Å². The number of phenols is 1. The molecule has 0 bridgehead atoms.